The van der Waals surface area contributed by atoms with Crippen LogP contribution in [0.5, 0.6) is 5.75 Å². The van der Waals surface area contributed by atoms with Gasteiger partial charge in [0.15, 0.2) is 5.13 Å². The highest BCUT2D eigenvalue weighted by Crippen LogP contribution is 2.39. The van der Waals surface area contributed by atoms with E-state index in [4.69, 9.17) is 16.2 Å². The Hall–Kier alpha value is -4.63. The molecular weight excluding hydrogens is 552 g/mol. The number of benzene rings is 2. The summed E-state index contributed by atoms with van der Waals surface area (Å²) in [5.41, 5.74) is 11.1. The number of anilines is 3. The number of carbonyl (C=O) groups excluding carboxylic acids is 3. The van der Waals surface area contributed by atoms with Gasteiger partial charge in [0.05, 0.1) is 18.5 Å². The molecular formula is C24H21F2N7O4S2. The zero-order chi connectivity index (χ0) is 28.1. The number of carbonyl (C=O) groups is 3. The molecule has 0 atom stereocenters. The minimum Gasteiger partial charge on any atom is -0.497 e. The van der Waals surface area contributed by atoms with Gasteiger partial charge in [-0.3, -0.25) is 14.9 Å². The first-order valence-electron chi connectivity index (χ1n) is 11.1. The van der Waals surface area contributed by atoms with E-state index >= 15 is 0 Å². The Labute approximate surface area is 228 Å². The van der Waals surface area contributed by atoms with Crippen molar-refractivity contribution < 1.29 is 27.9 Å². The number of urea groups is 1. The number of ether oxygens (including phenoxy) is 1. The standard InChI is InChI=1S/C24H21F2N7O4S2/c1-37-12-4-2-3-11(7-12)21(35)30-16-8-13(14(25)9-15(16)26)17-10-38-22(31-17)19-20(28)32-24(39-19)33-23(36)29-6-5-18(27)34/h2-4,7-10H,5-6,28H2,1H3,(H2,27,34)(H,30,35)(H2,29,32,33,36). The maximum atomic E-state index is 14.7. The lowest BCUT2D eigenvalue weighted by Crippen LogP contribution is -2.31. The Morgan fingerprint density at radius 1 is 1.08 bits per heavy atom. The molecule has 0 bridgehead atoms. The van der Waals surface area contributed by atoms with Gasteiger partial charge in [0.2, 0.25) is 5.91 Å². The van der Waals surface area contributed by atoms with Crippen molar-refractivity contribution >= 4 is 57.2 Å². The second-order valence-corrected chi connectivity index (χ2v) is 9.72. The van der Waals surface area contributed by atoms with Crippen LogP contribution in [0.4, 0.5) is 30.2 Å². The molecule has 4 rings (SSSR count). The fraction of sp³-hybridized carbons (Fsp3) is 0.125. The van der Waals surface area contributed by atoms with Crippen LogP contribution in [0.1, 0.15) is 16.8 Å². The molecule has 2 heterocycles. The van der Waals surface area contributed by atoms with Gasteiger partial charge in [-0.2, -0.15) is 0 Å². The van der Waals surface area contributed by atoms with Gasteiger partial charge in [0.25, 0.3) is 5.91 Å². The van der Waals surface area contributed by atoms with Crippen LogP contribution >= 0.6 is 22.7 Å². The molecule has 2 aromatic carbocycles. The van der Waals surface area contributed by atoms with Gasteiger partial charge in [-0.25, -0.2) is 23.5 Å². The number of nitrogen functional groups attached to an aromatic ring is 1. The molecule has 4 amide bonds. The van der Waals surface area contributed by atoms with Gasteiger partial charge in [-0.1, -0.05) is 17.4 Å². The van der Waals surface area contributed by atoms with Crippen molar-refractivity contribution in [3.63, 3.8) is 0 Å². The third kappa shape index (κ3) is 6.63. The van der Waals surface area contributed by atoms with Crippen molar-refractivity contribution in [2.45, 2.75) is 6.42 Å². The topological polar surface area (TPSA) is 174 Å². The average Bonchev–Trinajstić information content (AvgIpc) is 3.51. The molecule has 0 aliphatic heterocycles. The lowest BCUT2D eigenvalue weighted by Gasteiger charge is -2.10. The van der Waals surface area contributed by atoms with Crippen molar-refractivity contribution in [2.75, 3.05) is 30.0 Å². The van der Waals surface area contributed by atoms with E-state index in [0.29, 0.717) is 21.7 Å². The lowest BCUT2D eigenvalue weighted by atomic mass is 10.1. The Morgan fingerprint density at radius 3 is 2.62 bits per heavy atom. The van der Waals surface area contributed by atoms with Gasteiger partial charge < -0.3 is 26.8 Å². The van der Waals surface area contributed by atoms with E-state index in [2.05, 4.69) is 25.9 Å². The fourth-order valence-electron chi connectivity index (χ4n) is 3.28. The summed E-state index contributed by atoms with van der Waals surface area (Å²) in [5, 5.41) is 9.50. The number of nitrogens with zero attached hydrogens (tertiary/aromatic N) is 2. The summed E-state index contributed by atoms with van der Waals surface area (Å²) in [5.74, 6) is -2.47. The molecule has 7 N–H and O–H groups in total. The van der Waals surface area contributed by atoms with Crippen molar-refractivity contribution in [2.24, 2.45) is 5.73 Å². The Balaban J connectivity index is 1.53. The van der Waals surface area contributed by atoms with Crippen LogP contribution < -0.4 is 32.2 Å². The SMILES string of the molecule is COc1cccc(C(=O)Nc2cc(-c3csc(-c4sc(NC(=O)NCCC(N)=O)nc4N)n3)c(F)cc2F)c1. The van der Waals surface area contributed by atoms with Crippen LogP contribution in [0.25, 0.3) is 21.1 Å². The number of amides is 4. The zero-order valence-corrected chi connectivity index (χ0v) is 21.8. The lowest BCUT2D eigenvalue weighted by molar-refractivity contribution is -0.117. The van der Waals surface area contributed by atoms with E-state index in [-0.39, 0.29) is 46.4 Å². The number of nitrogens with one attached hydrogen (secondary N) is 3. The molecule has 0 spiro atoms. The second kappa shape index (κ2) is 11.8. The number of rotatable bonds is 9. The van der Waals surface area contributed by atoms with Gasteiger partial charge in [0.1, 0.15) is 33.1 Å². The Kier molecular flexibility index (Phi) is 8.31. The normalized spacial score (nSPS) is 10.6. The third-order valence-electron chi connectivity index (χ3n) is 5.14. The predicted molar refractivity (Wildman–Crippen MR) is 145 cm³/mol. The maximum absolute atomic E-state index is 14.7. The number of thiazole rings is 2. The molecule has 39 heavy (non-hydrogen) atoms. The smallest absolute Gasteiger partial charge is 0.321 e. The van der Waals surface area contributed by atoms with Crippen LogP contribution in [0.15, 0.2) is 41.8 Å². The maximum Gasteiger partial charge on any atom is 0.321 e. The zero-order valence-electron chi connectivity index (χ0n) is 20.2. The van der Waals surface area contributed by atoms with Gasteiger partial charge >= 0.3 is 6.03 Å². The quantitative estimate of drug-likeness (QED) is 0.201. The molecule has 0 aliphatic rings. The summed E-state index contributed by atoms with van der Waals surface area (Å²) in [4.78, 5) is 44.3. The first kappa shape index (κ1) is 27.4. The number of nitrogens with two attached hydrogens (primary N) is 2. The molecule has 0 aliphatic carbocycles. The first-order valence-corrected chi connectivity index (χ1v) is 12.8. The molecule has 0 fully saturated rings. The van der Waals surface area contributed by atoms with Gasteiger partial charge in [-0.15, -0.1) is 11.3 Å². The number of primary amides is 1. The highest BCUT2D eigenvalue weighted by Gasteiger charge is 2.20. The monoisotopic (exact) mass is 573 g/mol. The Morgan fingerprint density at radius 2 is 1.87 bits per heavy atom. The average molecular weight is 574 g/mol. The van der Waals surface area contributed by atoms with E-state index in [9.17, 15) is 23.2 Å². The number of halogens is 2. The number of methoxy groups -OCH3 is 1. The molecule has 15 heteroatoms. The largest absolute Gasteiger partial charge is 0.497 e. The molecule has 11 nitrogen and oxygen atoms in total. The van der Waals surface area contributed by atoms with E-state index < -0.39 is 29.5 Å². The minimum absolute atomic E-state index is 0.0209. The molecule has 0 saturated heterocycles. The van der Waals surface area contributed by atoms with Crippen molar-refractivity contribution in [3.8, 4) is 26.9 Å². The molecule has 4 aromatic rings. The van der Waals surface area contributed by atoms with Crippen LogP contribution in [-0.2, 0) is 4.79 Å². The summed E-state index contributed by atoms with van der Waals surface area (Å²) in [6.07, 6.45) is -0.0209. The third-order valence-corrected chi connectivity index (χ3v) is 7.12. The van der Waals surface area contributed by atoms with Crippen LogP contribution in [0, 0.1) is 11.6 Å². The number of aromatic nitrogens is 2. The summed E-state index contributed by atoms with van der Waals surface area (Å²) >= 11 is 2.17. The molecule has 202 valence electrons. The highest BCUT2D eigenvalue weighted by atomic mass is 32.1. The minimum atomic E-state index is -0.959. The summed E-state index contributed by atoms with van der Waals surface area (Å²) < 4.78 is 34.4. The summed E-state index contributed by atoms with van der Waals surface area (Å²) in [6.45, 7) is 0.0515. The van der Waals surface area contributed by atoms with Crippen LogP contribution in [0.2, 0.25) is 0 Å². The van der Waals surface area contributed by atoms with Crippen molar-refractivity contribution in [3.05, 3.63) is 59.0 Å². The second-order valence-electron chi connectivity index (χ2n) is 7.87. The van der Waals surface area contributed by atoms with Crippen molar-refractivity contribution in [1.29, 1.82) is 0 Å². The van der Waals surface area contributed by atoms with E-state index in [1.165, 1.54) is 19.2 Å². The summed E-state index contributed by atoms with van der Waals surface area (Å²) in [6, 6.07) is 7.49. The molecule has 0 unspecified atom stereocenters. The van der Waals surface area contributed by atoms with E-state index in [1.807, 2.05) is 0 Å². The van der Waals surface area contributed by atoms with Crippen LogP contribution in [0.3, 0.4) is 0 Å². The van der Waals surface area contributed by atoms with Gasteiger partial charge in [-0.05, 0) is 24.3 Å². The molecule has 2 aromatic heterocycles. The predicted octanol–water partition coefficient (Wildman–Crippen LogP) is 4.05. The van der Waals surface area contributed by atoms with E-state index in [1.54, 1.807) is 17.5 Å². The Bertz CT molecular complexity index is 1560. The van der Waals surface area contributed by atoms with Crippen molar-refractivity contribution in [1.82, 2.24) is 15.3 Å². The first-order chi connectivity index (χ1) is 18.6. The molecule has 0 saturated carbocycles. The number of hydrogen-bond donors (Lipinski definition) is 5. The summed E-state index contributed by atoms with van der Waals surface area (Å²) in [7, 11) is 1.45. The van der Waals surface area contributed by atoms with Gasteiger partial charge in [0, 0.05) is 35.5 Å². The highest BCUT2D eigenvalue weighted by molar-refractivity contribution is 7.23. The van der Waals surface area contributed by atoms with Crippen LogP contribution in [-0.4, -0.2) is 41.5 Å². The fourth-order valence-corrected chi connectivity index (χ4v) is 5.08. The van der Waals surface area contributed by atoms with E-state index in [0.717, 1.165) is 28.7 Å². The molecule has 0 radical (unpaired) electrons. The number of hydrogen-bond acceptors (Lipinski definition) is 9.